The molecule has 34 heavy (non-hydrogen) atoms. The maximum Gasteiger partial charge on any atom is 0.326 e. The molecule has 0 unspecified atom stereocenters. The van der Waals surface area contributed by atoms with Crippen LogP contribution in [0, 0.1) is 0 Å². The zero-order valence-electron chi connectivity index (χ0n) is 17.9. The van der Waals surface area contributed by atoms with E-state index in [0.717, 1.165) is 24.1 Å². The van der Waals surface area contributed by atoms with E-state index >= 15 is 0 Å². The highest BCUT2D eigenvalue weighted by Gasteiger charge is 2.21. The SMILES string of the molecule is O=c1[nH]c(O)c(/C=c2\cnn3c(=NC4CC4)nc(NCc4ccc(-n5cccn5)cc4)nc23)[nH]1. The van der Waals surface area contributed by atoms with E-state index in [1.165, 1.54) is 0 Å². The topological polar surface area (TPSA) is 154 Å². The number of nitrogens with zero attached hydrogens (tertiary/aromatic N) is 7. The molecule has 1 aliphatic rings. The summed E-state index contributed by atoms with van der Waals surface area (Å²) in [7, 11) is 0. The van der Waals surface area contributed by atoms with Crippen LogP contribution in [0.2, 0.25) is 0 Å². The van der Waals surface area contributed by atoms with Crippen molar-refractivity contribution in [3.05, 3.63) is 81.5 Å². The first-order chi connectivity index (χ1) is 16.6. The van der Waals surface area contributed by atoms with Gasteiger partial charge < -0.3 is 15.4 Å². The molecule has 1 fully saturated rings. The number of aromatic hydroxyl groups is 1. The number of fused-ring (bicyclic) bond motifs is 1. The molecule has 1 aliphatic carbocycles. The molecule has 4 aromatic heterocycles. The van der Waals surface area contributed by atoms with E-state index in [2.05, 4.69) is 40.4 Å². The summed E-state index contributed by atoms with van der Waals surface area (Å²) in [6, 6.07) is 10.1. The number of benzene rings is 1. The summed E-state index contributed by atoms with van der Waals surface area (Å²) < 4.78 is 3.36. The number of aromatic amines is 2. The number of imidazole rings is 1. The Morgan fingerprint density at radius 2 is 2.03 bits per heavy atom. The molecule has 0 spiro atoms. The minimum Gasteiger partial charge on any atom is -0.493 e. The second-order valence-corrected chi connectivity index (χ2v) is 8.00. The molecule has 0 atom stereocenters. The van der Waals surface area contributed by atoms with Gasteiger partial charge in [0.05, 0.1) is 17.9 Å². The summed E-state index contributed by atoms with van der Waals surface area (Å²) in [6.07, 6.45) is 8.87. The fourth-order valence-corrected chi connectivity index (χ4v) is 3.53. The molecule has 5 aromatic rings. The standard InChI is InChI=1S/C22H20N10O2/c33-19-17(27-22(34)29-19)10-14-12-25-32-18(14)28-20(30-21(32)26-15-4-5-15)23-11-13-2-6-16(7-3-13)31-9-1-8-24-31/h1-3,6-10,12,15,33H,4-5,11H2,(H,23,26,30)(H2,27,29,34)/b14-10+. The highest BCUT2D eigenvalue weighted by Crippen LogP contribution is 2.22. The molecule has 0 amide bonds. The molecule has 0 bridgehead atoms. The van der Waals surface area contributed by atoms with Gasteiger partial charge in [-0.15, -0.1) is 0 Å². The van der Waals surface area contributed by atoms with Gasteiger partial charge in [0.2, 0.25) is 11.8 Å². The Morgan fingerprint density at radius 1 is 1.18 bits per heavy atom. The fraction of sp³-hybridized carbons (Fsp3) is 0.182. The molecule has 0 saturated heterocycles. The first-order valence-electron chi connectivity index (χ1n) is 10.8. The zero-order chi connectivity index (χ0) is 23.1. The molecule has 6 rings (SSSR count). The minimum atomic E-state index is -0.500. The summed E-state index contributed by atoms with van der Waals surface area (Å²) in [5.74, 6) is 0.156. The van der Waals surface area contributed by atoms with Crippen LogP contribution in [0.4, 0.5) is 5.95 Å². The number of aromatic nitrogens is 8. The Morgan fingerprint density at radius 3 is 2.74 bits per heavy atom. The van der Waals surface area contributed by atoms with E-state index in [-0.39, 0.29) is 17.6 Å². The van der Waals surface area contributed by atoms with Gasteiger partial charge in [-0.1, -0.05) is 12.1 Å². The van der Waals surface area contributed by atoms with Crippen molar-refractivity contribution in [3.8, 4) is 11.6 Å². The summed E-state index contributed by atoms with van der Waals surface area (Å²) in [6.45, 7) is 0.511. The van der Waals surface area contributed by atoms with Crippen molar-refractivity contribution >= 4 is 17.7 Å². The van der Waals surface area contributed by atoms with Gasteiger partial charge in [-0.05, 0) is 42.7 Å². The number of nitrogens with one attached hydrogen (secondary N) is 3. The smallest absolute Gasteiger partial charge is 0.326 e. The Labute approximate surface area is 191 Å². The predicted octanol–water partition coefficient (Wildman–Crippen LogP) is 0.255. The van der Waals surface area contributed by atoms with Crippen LogP contribution in [-0.4, -0.2) is 50.5 Å². The van der Waals surface area contributed by atoms with E-state index in [1.807, 2.05) is 36.5 Å². The van der Waals surface area contributed by atoms with E-state index < -0.39 is 5.69 Å². The van der Waals surface area contributed by atoms with E-state index in [1.54, 1.807) is 27.7 Å². The number of hydrogen-bond acceptors (Lipinski definition) is 8. The average molecular weight is 456 g/mol. The second kappa shape index (κ2) is 7.99. The highest BCUT2D eigenvalue weighted by molar-refractivity contribution is 5.57. The van der Waals surface area contributed by atoms with Crippen molar-refractivity contribution in [2.24, 2.45) is 4.99 Å². The van der Waals surface area contributed by atoms with Gasteiger partial charge in [0.15, 0.2) is 5.65 Å². The largest absolute Gasteiger partial charge is 0.493 e. The van der Waals surface area contributed by atoms with Crippen LogP contribution >= 0.6 is 0 Å². The third kappa shape index (κ3) is 3.92. The average Bonchev–Trinajstić information content (AvgIpc) is 3.20. The number of anilines is 1. The lowest BCUT2D eigenvalue weighted by atomic mass is 10.2. The number of hydrogen-bond donors (Lipinski definition) is 4. The molecule has 1 saturated carbocycles. The van der Waals surface area contributed by atoms with Gasteiger partial charge in [-0.3, -0.25) is 4.98 Å². The molecule has 4 heterocycles. The molecular weight excluding hydrogens is 436 g/mol. The van der Waals surface area contributed by atoms with Gasteiger partial charge in [0.1, 0.15) is 5.69 Å². The fourth-order valence-electron chi connectivity index (χ4n) is 3.53. The monoisotopic (exact) mass is 456 g/mol. The molecular formula is C22H20N10O2. The van der Waals surface area contributed by atoms with Gasteiger partial charge >= 0.3 is 5.69 Å². The quantitative estimate of drug-likeness (QED) is 0.286. The summed E-state index contributed by atoms with van der Waals surface area (Å²) in [4.78, 5) is 30.2. The van der Waals surface area contributed by atoms with Gasteiger partial charge in [-0.25, -0.2) is 14.5 Å². The number of rotatable bonds is 6. The molecule has 12 nitrogen and oxygen atoms in total. The minimum absolute atomic E-state index is 0.238. The number of H-pyrrole nitrogens is 2. The lowest BCUT2D eigenvalue weighted by Gasteiger charge is -2.07. The van der Waals surface area contributed by atoms with Crippen LogP contribution in [0.5, 0.6) is 5.88 Å². The van der Waals surface area contributed by atoms with Crippen LogP contribution < -0.4 is 21.8 Å². The third-order valence-electron chi connectivity index (χ3n) is 5.41. The normalized spacial score (nSPS) is 14.8. The van der Waals surface area contributed by atoms with Gasteiger partial charge in [0.25, 0.3) is 5.62 Å². The zero-order valence-corrected chi connectivity index (χ0v) is 17.9. The van der Waals surface area contributed by atoms with E-state index in [0.29, 0.717) is 29.0 Å². The van der Waals surface area contributed by atoms with Crippen LogP contribution in [-0.2, 0) is 6.54 Å². The molecule has 0 radical (unpaired) electrons. The Kier molecular flexibility index (Phi) is 4.68. The Hall–Kier alpha value is -4.74. The molecule has 4 N–H and O–H groups in total. The Balaban J connectivity index is 1.34. The first kappa shape index (κ1) is 19.9. The Bertz CT molecular complexity index is 1640. The van der Waals surface area contributed by atoms with Crippen molar-refractivity contribution in [2.75, 3.05) is 5.32 Å². The van der Waals surface area contributed by atoms with Crippen LogP contribution in [0.1, 0.15) is 24.1 Å². The van der Waals surface area contributed by atoms with E-state index in [4.69, 9.17) is 0 Å². The first-order valence-corrected chi connectivity index (χ1v) is 10.8. The van der Waals surface area contributed by atoms with Crippen molar-refractivity contribution in [1.82, 2.24) is 39.3 Å². The lowest BCUT2D eigenvalue weighted by Crippen LogP contribution is -2.24. The molecule has 0 aliphatic heterocycles. The lowest BCUT2D eigenvalue weighted by molar-refractivity contribution is 0.454. The van der Waals surface area contributed by atoms with E-state index in [9.17, 15) is 9.90 Å². The van der Waals surface area contributed by atoms with Gasteiger partial charge in [0, 0.05) is 24.2 Å². The highest BCUT2D eigenvalue weighted by atomic mass is 16.3. The molecule has 12 heteroatoms. The van der Waals surface area contributed by atoms with Crippen molar-refractivity contribution in [1.29, 1.82) is 0 Å². The molecule has 170 valence electrons. The van der Waals surface area contributed by atoms with Crippen molar-refractivity contribution < 1.29 is 5.11 Å². The van der Waals surface area contributed by atoms with Crippen molar-refractivity contribution in [3.63, 3.8) is 0 Å². The van der Waals surface area contributed by atoms with Crippen molar-refractivity contribution in [2.45, 2.75) is 25.4 Å². The maximum absolute atomic E-state index is 11.5. The van der Waals surface area contributed by atoms with Crippen LogP contribution in [0.15, 0.2) is 58.7 Å². The van der Waals surface area contributed by atoms with Crippen LogP contribution in [0.25, 0.3) is 17.4 Å². The predicted molar refractivity (Wildman–Crippen MR) is 122 cm³/mol. The summed E-state index contributed by atoms with van der Waals surface area (Å²) >= 11 is 0. The summed E-state index contributed by atoms with van der Waals surface area (Å²) in [5.41, 5.74) is 2.73. The third-order valence-corrected chi connectivity index (χ3v) is 5.41. The second-order valence-electron chi connectivity index (χ2n) is 8.00. The summed E-state index contributed by atoms with van der Waals surface area (Å²) in [5, 5.41) is 22.4. The van der Waals surface area contributed by atoms with Gasteiger partial charge in [-0.2, -0.15) is 24.7 Å². The van der Waals surface area contributed by atoms with Crippen LogP contribution in [0.3, 0.4) is 0 Å². The maximum atomic E-state index is 11.5. The molecule has 1 aromatic carbocycles.